The zero-order valence-corrected chi connectivity index (χ0v) is 24.3. The average Bonchev–Trinajstić information content (AvgIpc) is 3.71. The number of hydrogen-bond donors (Lipinski definition) is 1. The smallest absolute Gasteiger partial charge is 0.309 e. The van der Waals surface area contributed by atoms with Gasteiger partial charge < -0.3 is 20.0 Å². The molecule has 4 aromatic heterocycles. The quantitative estimate of drug-likeness (QED) is 0.241. The van der Waals surface area contributed by atoms with Gasteiger partial charge in [-0.05, 0) is 57.4 Å². The maximum absolute atomic E-state index is 15.0. The van der Waals surface area contributed by atoms with Gasteiger partial charge in [-0.3, -0.25) is 19.1 Å². The van der Waals surface area contributed by atoms with Crippen molar-refractivity contribution in [2.24, 2.45) is 0 Å². The van der Waals surface area contributed by atoms with Gasteiger partial charge in [0.2, 0.25) is 11.8 Å². The second-order valence-corrected chi connectivity index (χ2v) is 11.6. The Bertz CT molecular complexity index is 1790. The molecule has 1 saturated heterocycles. The van der Waals surface area contributed by atoms with Gasteiger partial charge in [-0.25, -0.2) is 9.37 Å². The van der Waals surface area contributed by atoms with Crippen molar-refractivity contribution in [2.75, 3.05) is 64.0 Å². The Hall–Kier alpha value is -4.14. The lowest BCUT2D eigenvalue weighted by molar-refractivity contribution is 0.0977. The van der Waals surface area contributed by atoms with Crippen molar-refractivity contribution in [2.45, 2.75) is 19.4 Å². The third-order valence-electron chi connectivity index (χ3n) is 7.49. The molecule has 1 fully saturated rings. The minimum Gasteiger partial charge on any atom is -0.461 e. The molecule has 0 amide bonds. The molecule has 0 saturated carbocycles. The van der Waals surface area contributed by atoms with Gasteiger partial charge in [0.15, 0.2) is 22.8 Å². The van der Waals surface area contributed by atoms with Crippen LogP contribution in [-0.2, 0) is 6.54 Å². The number of Topliss-reactive ketones (excluding diaryl/α,β-unsaturated/α-hetero) is 1. The van der Waals surface area contributed by atoms with Crippen molar-refractivity contribution in [3.05, 3.63) is 57.6 Å². The fourth-order valence-corrected chi connectivity index (χ4v) is 6.16. The van der Waals surface area contributed by atoms with Crippen molar-refractivity contribution in [3.63, 3.8) is 0 Å². The van der Waals surface area contributed by atoms with Crippen LogP contribution in [0.1, 0.15) is 23.2 Å². The molecule has 0 atom stereocenters. The fourth-order valence-electron chi connectivity index (χ4n) is 5.23. The number of halogens is 1. The minimum atomic E-state index is -0.378. The van der Waals surface area contributed by atoms with Gasteiger partial charge in [-0.2, -0.15) is 9.50 Å². The first-order chi connectivity index (χ1) is 20.3. The first-order valence-electron chi connectivity index (χ1n) is 13.8. The van der Waals surface area contributed by atoms with E-state index in [1.54, 1.807) is 28.8 Å². The number of carbonyl (C=O) groups excluding carboxylic acids is 1. The SMILES string of the molecule is CN(C)CCCC(=O)c1ccc(N2CCN(CCn3c(=O)sc4c3nc(N)n3nc(-c5ccco5)nc43)CC2)c(F)c1. The van der Waals surface area contributed by atoms with E-state index in [2.05, 4.69) is 20.0 Å². The molecule has 0 radical (unpaired) electrons. The van der Waals surface area contributed by atoms with E-state index < -0.39 is 0 Å². The normalized spacial score (nSPS) is 14.5. The van der Waals surface area contributed by atoms with Crippen LogP contribution in [0.2, 0.25) is 0 Å². The number of ketones is 1. The monoisotopic (exact) mass is 593 g/mol. The van der Waals surface area contributed by atoms with Crippen LogP contribution < -0.4 is 15.5 Å². The molecule has 0 aliphatic carbocycles. The number of fused-ring (bicyclic) bond motifs is 3. The number of piperazine rings is 1. The summed E-state index contributed by atoms with van der Waals surface area (Å²) in [5.41, 5.74) is 8.04. The second kappa shape index (κ2) is 11.6. The van der Waals surface area contributed by atoms with E-state index in [1.807, 2.05) is 23.9 Å². The molecule has 2 N–H and O–H groups in total. The van der Waals surface area contributed by atoms with E-state index in [4.69, 9.17) is 10.2 Å². The Morgan fingerprint density at radius 2 is 1.93 bits per heavy atom. The van der Waals surface area contributed by atoms with Gasteiger partial charge in [-0.15, -0.1) is 5.10 Å². The number of rotatable bonds is 10. The molecule has 5 aromatic rings. The first kappa shape index (κ1) is 28.0. The van der Waals surface area contributed by atoms with Crippen LogP contribution in [0.4, 0.5) is 16.0 Å². The summed E-state index contributed by atoms with van der Waals surface area (Å²) in [5.74, 6) is 0.575. The summed E-state index contributed by atoms with van der Waals surface area (Å²) in [6, 6.07) is 8.29. The molecule has 1 aliphatic heterocycles. The van der Waals surface area contributed by atoms with Gasteiger partial charge in [0.05, 0.1) is 12.0 Å². The molecule has 1 aliphatic rings. The van der Waals surface area contributed by atoms with Gasteiger partial charge in [0, 0.05) is 51.3 Å². The number of furan rings is 1. The maximum atomic E-state index is 15.0. The summed E-state index contributed by atoms with van der Waals surface area (Å²) in [7, 11) is 3.93. The highest BCUT2D eigenvalue weighted by Gasteiger charge is 2.23. The van der Waals surface area contributed by atoms with Crippen LogP contribution in [0.25, 0.3) is 27.6 Å². The summed E-state index contributed by atoms with van der Waals surface area (Å²) in [5, 5.41) is 4.39. The Kier molecular flexibility index (Phi) is 7.75. The molecule has 1 aromatic carbocycles. The Labute approximate surface area is 244 Å². The molecule has 0 spiro atoms. The molecule has 5 heterocycles. The number of nitrogens with two attached hydrogens (primary N) is 1. The summed E-state index contributed by atoms with van der Waals surface area (Å²) in [6.45, 7) is 4.55. The summed E-state index contributed by atoms with van der Waals surface area (Å²) >= 11 is 1.06. The Morgan fingerprint density at radius 3 is 2.64 bits per heavy atom. The van der Waals surface area contributed by atoms with E-state index in [9.17, 15) is 9.59 Å². The molecular weight excluding hydrogens is 561 g/mol. The number of carbonyl (C=O) groups is 1. The summed E-state index contributed by atoms with van der Waals surface area (Å²) in [6.07, 6.45) is 2.68. The van der Waals surface area contributed by atoms with Crippen LogP contribution in [0.3, 0.4) is 0 Å². The maximum Gasteiger partial charge on any atom is 0.309 e. The molecule has 6 rings (SSSR count). The van der Waals surface area contributed by atoms with Gasteiger partial charge in [-0.1, -0.05) is 11.3 Å². The van der Waals surface area contributed by atoms with Gasteiger partial charge >= 0.3 is 4.87 Å². The Morgan fingerprint density at radius 1 is 1.12 bits per heavy atom. The second-order valence-electron chi connectivity index (χ2n) is 10.6. The van der Waals surface area contributed by atoms with Gasteiger partial charge in [0.25, 0.3) is 0 Å². The highest BCUT2D eigenvalue weighted by Crippen LogP contribution is 2.26. The minimum absolute atomic E-state index is 0.0396. The van der Waals surface area contributed by atoms with E-state index >= 15 is 4.39 Å². The zero-order chi connectivity index (χ0) is 29.4. The van der Waals surface area contributed by atoms with Crippen LogP contribution >= 0.6 is 11.3 Å². The number of nitrogens with zero attached hydrogens (tertiary/aromatic N) is 8. The van der Waals surface area contributed by atoms with Crippen molar-refractivity contribution >= 4 is 44.8 Å². The highest BCUT2D eigenvalue weighted by atomic mass is 32.1. The summed E-state index contributed by atoms with van der Waals surface area (Å²) < 4.78 is 24.1. The van der Waals surface area contributed by atoms with Crippen LogP contribution in [0, 0.1) is 5.82 Å². The number of hydrogen-bond acceptors (Lipinski definition) is 11. The lowest BCUT2D eigenvalue weighted by Gasteiger charge is -2.36. The molecule has 12 nitrogen and oxygen atoms in total. The molecule has 220 valence electrons. The number of anilines is 2. The van der Waals surface area contributed by atoms with Crippen molar-refractivity contribution in [3.8, 4) is 11.6 Å². The van der Waals surface area contributed by atoms with E-state index in [-0.39, 0.29) is 22.4 Å². The topological polar surface area (TPSA) is 131 Å². The molecule has 14 heteroatoms. The lowest BCUT2D eigenvalue weighted by Crippen LogP contribution is -2.47. The predicted octanol–water partition coefficient (Wildman–Crippen LogP) is 2.83. The summed E-state index contributed by atoms with van der Waals surface area (Å²) in [4.78, 5) is 40.6. The van der Waals surface area contributed by atoms with Crippen molar-refractivity contribution in [1.29, 1.82) is 0 Å². The molecule has 0 bridgehead atoms. The predicted molar refractivity (Wildman–Crippen MR) is 160 cm³/mol. The van der Waals surface area contributed by atoms with Crippen LogP contribution in [0.15, 0.2) is 45.8 Å². The van der Waals surface area contributed by atoms with Crippen molar-refractivity contribution in [1.82, 2.24) is 33.9 Å². The fraction of sp³-hybridized carbons (Fsp3) is 0.393. The van der Waals surface area contributed by atoms with Crippen molar-refractivity contribution < 1.29 is 13.6 Å². The van der Waals surface area contributed by atoms with E-state index in [0.717, 1.165) is 24.3 Å². The average molecular weight is 594 g/mol. The highest BCUT2D eigenvalue weighted by molar-refractivity contribution is 7.17. The number of nitrogen functional groups attached to an aromatic ring is 1. The lowest BCUT2D eigenvalue weighted by atomic mass is 10.1. The number of benzene rings is 1. The van der Waals surface area contributed by atoms with E-state index in [0.29, 0.717) is 84.5 Å². The first-order valence-corrected chi connectivity index (χ1v) is 14.6. The molecule has 42 heavy (non-hydrogen) atoms. The Balaban J connectivity index is 1.10. The zero-order valence-electron chi connectivity index (χ0n) is 23.5. The number of thiazole rings is 1. The largest absolute Gasteiger partial charge is 0.461 e. The third-order valence-corrected chi connectivity index (χ3v) is 8.45. The van der Waals surface area contributed by atoms with Crippen LogP contribution in [-0.4, -0.2) is 93.1 Å². The molecule has 0 unspecified atom stereocenters. The van der Waals surface area contributed by atoms with Crippen LogP contribution in [0.5, 0.6) is 0 Å². The van der Waals surface area contributed by atoms with E-state index in [1.165, 1.54) is 16.8 Å². The standard InChI is InChI=1S/C28H32FN9O3S/c1-34(2)9-3-5-21(39)18-7-8-20(19(29)17-18)36-13-10-35(11-14-36)12-15-37-25-23(42-28(37)40)26-31-24(22-6-4-16-41-22)33-38(26)27(30)32-25/h4,6-8,16-17H,3,5,9-15H2,1-2H3,(H2,30,32). The molecular formula is C28H32FN9O3S. The number of aromatic nitrogens is 5. The third kappa shape index (κ3) is 5.52. The van der Waals surface area contributed by atoms with Gasteiger partial charge in [0.1, 0.15) is 10.5 Å².